The quantitative estimate of drug-likeness (QED) is 0.817. The SMILES string of the molecule is N#CC(C(=O)c1ccc(F)cc1)c1nnc2n1CCCCC2. The van der Waals surface area contributed by atoms with E-state index in [0.29, 0.717) is 11.4 Å². The van der Waals surface area contributed by atoms with E-state index < -0.39 is 11.7 Å². The molecule has 1 aliphatic heterocycles. The molecule has 1 aliphatic rings. The van der Waals surface area contributed by atoms with Crippen LogP contribution in [-0.2, 0) is 13.0 Å². The molecular weight excluding hydrogens is 283 g/mol. The predicted molar refractivity (Wildman–Crippen MR) is 76.7 cm³/mol. The Bertz CT molecular complexity index is 730. The molecule has 0 radical (unpaired) electrons. The molecule has 22 heavy (non-hydrogen) atoms. The number of hydrogen-bond donors (Lipinski definition) is 0. The molecule has 0 N–H and O–H groups in total. The standard InChI is InChI=1S/C16H15FN4O/c17-12-7-5-11(6-8-12)15(22)13(10-18)16-20-19-14-4-2-1-3-9-21(14)16/h5-8,13H,1-4,9H2. The van der Waals surface area contributed by atoms with Crippen molar-refractivity contribution in [3.05, 3.63) is 47.3 Å². The van der Waals surface area contributed by atoms with Gasteiger partial charge in [-0.3, -0.25) is 4.79 Å². The van der Waals surface area contributed by atoms with Gasteiger partial charge in [-0.05, 0) is 37.1 Å². The Morgan fingerprint density at radius 3 is 2.73 bits per heavy atom. The van der Waals surface area contributed by atoms with E-state index >= 15 is 0 Å². The van der Waals surface area contributed by atoms with Crippen LogP contribution in [0.3, 0.4) is 0 Å². The molecule has 0 amide bonds. The zero-order chi connectivity index (χ0) is 15.5. The van der Waals surface area contributed by atoms with Crippen LogP contribution in [0.2, 0.25) is 0 Å². The molecule has 0 aliphatic carbocycles. The fourth-order valence-corrected chi connectivity index (χ4v) is 2.74. The highest BCUT2D eigenvalue weighted by molar-refractivity contribution is 6.02. The van der Waals surface area contributed by atoms with Crippen molar-refractivity contribution in [2.75, 3.05) is 0 Å². The molecule has 1 aromatic carbocycles. The van der Waals surface area contributed by atoms with Gasteiger partial charge >= 0.3 is 0 Å². The number of benzene rings is 1. The first kappa shape index (κ1) is 14.4. The third-order valence-corrected chi connectivity index (χ3v) is 3.92. The van der Waals surface area contributed by atoms with Gasteiger partial charge in [0.2, 0.25) is 0 Å². The maximum atomic E-state index is 13.0. The molecule has 1 unspecified atom stereocenters. The average Bonchev–Trinajstić information content (AvgIpc) is 2.78. The number of fused-ring (bicyclic) bond motifs is 1. The van der Waals surface area contributed by atoms with Crippen LogP contribution in [0.25, 0.3) is 0 Å². The summed E-state index contributed by atoms with van der Waals surface area (Å²) in [6, 6.07) is 7.23. The molecule has 6 heteroatoms. The van der Waals surface area contributed by atoms with Crippen LogP contribution in [0.1, 0.15) is 47.2 Å². The maximum Gasteiger partial charge on any atom is 0.187 e. The molecule has 2 aromatic rings. The van der Waals surface area contributed by atoms with Crippen molar-refractivity contribution >= 4 is 5.78 Å². The number of carbonyl (C=O) groups excluding carboxylic acids is 1. The Hall–Kier alpha value is -2.55. The van der Waals surface area contributed by atoms with Crippen LogP contribution in [0, 0.1) is 17.1 Å². The van der Waals surface area contributed by atoms with Gasteiger partial charge in [0.25, 0.3) is 0 Å². The third kappa shape index (κ3) is 2.62. The van der Waals surface area contributed by atoms with Crippen LogP contribution in [-0.4, -0.2) is 20.5 Å². The van der Waals surface area contributed by atoms with E-state index in [1.807, 2.05) is 10.6 Å². The minimum atomic E-state index is -1.01. The van der Waals surface area contributed by atoms with Crippen molar-refractivity contribution in [2.45, 2.75) is 38.1 Å². The maximum absolute atomic E-state index is 13.0. The number of hydrogen-bond acceptors (Lipinski definition) is 4. The summed E-state index contributed by atoms with van der Waals surface area (Å²) in [6.07, 6.45) is 3.95. The molecule has 0 saturated heterocycles. The molecule has 112 valence electrons. The summed E-state index contributed by atoms with van der Waals surface area (Å²) in [5, 5.41) is 17.6. The van der Waals surface area contributed by atoms with Crippen LogP contribution in [0.5, 0.6) is 0 Å². The molecule has 5 nitrogen and oxygen atoms in total. The van der Waals surface area contributed by atoms with Gasteiger partial charge in [0.1, 0.15) is 11.6 Å². The average molecular weight is 298 g/mol. The van der Waals surface area contributed by atoms with Gasteiger partial charge in [-0.25, -0.2) is 4.39 Å². The molecule has 1 aromatic heterocycles. The Morgan fingerprint density at radius 1 is 1.23 bits per heavy atom. The van der Waals surface area contributed by atoms with E-state index in [1.54, 1.807) is 0 Å². The summed E-state index contributed by atoms with van der Waals surface area (Å²) in [6.45, 7) is 0.729. The van der Waals surface area contributed by atoms with Gasteiger partial charge < -0.3 is 4.57 Å². The number of aromatic nitrogens is 3. The van der Waals surface area contributed by atoms with Crippen molar-refractivity contribution in [2.24, 2.45) is 0 Å². The van der Waals surface area contributed by atoms with Crippen molar-refractivity contribution < 1.29 is 9.18 Å². The molecule has 0 bridgehead atoms. The first-order chi connectivity index (χ1) is 10.7. The van der Waals surface area contributed by atoms with Crippen LogP contribution in [0.15, 0.2) is 24.3 Å². The number of ketones is 1. The summed E-state index contributed by atoms with van der Waals surface area (Å²) < 4.78 is 14.9. The molecular formula is C16H15FN4O. The van der Waals surface area contributed by atoms with E-state index in [2.05, 4.69) is 10.2 Å². The molecule has 1 atom stereocenters. The van der Waals surface area contributed by atoms with E-state index in [-0.39, 0.29) is 5.78 Å². The first-order valence-electron chi connectivity index (χ1n) is 7.32. The number of carbonyl (C=O) groups is 1. The van der Waals surface area contributed by atoms with E-state index in [0.717, 1.165) is 38.1 Å². The lowest BCUT2D eigenvalue weighted by molar-refractivity contribution is 0.0974. The number of nitriles is 1. The van der Waals surface area contributed by atoms with Crippen LogP contribution < -0.4 is 0 Å². The summed E-state index contributed by atoms with van der Waals surface area (Å²) in [4.78, 5) is 12.5. The molecule has 2 heterocycles. The minimum absolute atomic E-state index is 0.305. The van der Waals surface area contributed by atoms with Gasteiger partial charge in [-0.15, -0.1) is 10.2 Å². The number of halogens is 1. The molecule has 0 saturated carbocycles. The monoisotopic (exact) mass is 298 g/mol. The topological polar surface area (TPSA) is 71.6 Å². The Labute approximate surface area is 127 Å². The Morgan fingerprint density at radius 2 is 2.00 bits per heavy atom. The van der Waals surface area contributed by atoms with Gasteiger partial charge in [-0.1, -0.05) is 6.42 Å². The summed E-state index contributed by atoms with van der Waals surface area (Å²) in [5.41, 5.74) is 0.305. The predicted octanol–water partition coefficient (Wildman–Crippen LogP) is 2.63. The fourth-order valence-electron chi connectivity index (χ4n) is 2.74. The van der Waals surface area contributed by atoms with Crippen molar-refractivity contribution in [3.63, 3.8) is 0 Å². The van der Waals surface area contributed by atoms with Crippen molar-refractivity contribution in [3.8, 4) is 6.07 Å². The number of nitrogens with zero attached hydrogens (tertiary/aromatic N) is 4. The second-order valence-electron chi connectivity index (χ2n) is 5.37. The zero-order valence-electron chi connectivity index (χ0n) is 12.0. The highest BCUT2D eigenvalue weighted by Gasteiger charge is 2.29. The number of aryl methyl sites for hydroxylation is 1. The van der Waals surface area contributed by atoms with Crippen molar-refractivity contribution in [1.29, 1.82) is 5.26 Å². The number of Topliss-reactive ketones (excluding diaryl/α,β-unsaturated/α-hetero) is 1. The highest BCUT2D eigenvalue weighted by atomic mass is 19.1. The normalized spacial score (nSPS) is 15.5. The van der Waals surface area contributed by atoms with E-state index in [1.165, 1.54) is 24.3 Å². The molecule has 3 rings (SSSR count). The van der Waals surface area contributed by atoms with Crippen molar-refractivity contribution in [1.82, 2.24) is 14.8 Å². The zero-order valence-corrected chi connectivity index (χ0v) is 12.0. The lowest BCUT2D eigenvalue weighted by Gasteiger charge is -2.11. The second kappa shape index (κ2) is 6.06. The minimum Gasteiger partial charge on any atom is -0.313 e. The highest BCUT2D eigenvalue weighted by Crippen LogP contribution is 2.23. The van der Waals surface area contributed by atoms with Gasteiger partial charge in [-0.2, -0.15) is 5.26 Å². The largest absolute Gasteiger partial charge is 0.313 e. The van der Waals surface area contributed by atoms with Crippen LogP contribution in [0.4, 0.5) is 4.39 Å². The summed E-state index contributed by atoms with van der Waals surface area (Å²) in [7, 11) is 0. The van der Waals surface area contributed by atoms with Gasteiger partial charge in [0, 0.05) is 18.5 Å². The van der Waals surface area contributed by atoms with Gasteiger partial charge in [0.05, 0.1) is 6.07 Å². The smallest absolute Gasteiger partial charge is 0.187 e. The summed E-state index contributed by atoms with van der Waals surface area (Å²) in [5.74, 6) is -0.568. The second-order valence-corrected chi connectivity index (χ2v) is 5.37. The molecule has 0 fully saturated rings. The lowest BCUT2D eigenvalue weighted by Crippen LogP contribution is -2.17. The van der Waals surface area contributed by atoms with E-state index in [4.69, 9.17) is 0 Å². The van der Waals surface area contributed by atoms with E-state index in [9.17, 15) is 14.4 Å². The molecule has 0 spiro atoms. The Kier molecular flexibility index (Phi) is 3.96. The van der Waals surface area contributed by atoms with Crippen LogP contribution >= 0.6 is 0 Å². The Balaban J connectivity index is 1.95. The van der Waals surface area contributed by atoms with Gasteiger partial charge in [0.15, 0.2) is 17.5 Å². The number of rotatable bonds is 3. The fraction of sp³-hybridized carbons (Fsp3) is 0.375. The lowest BCUT2D eigenvalue weighted by atomic mass is 9.98. The first-order valence-corrected chi connectivity index (χ1v) is 7.32. The summed E-state index contributed by atoms with van der Waals surface area (Å²) >= 11 is 0. The third-order valence-electron chi connectivity index (χ3n) is 3.92.